The third kappa shape index (κ3) is 2.69. The summed E-state index contributed by atoms with van der Waals surface area (Å²) in [6.45, 7) is 1.76. The van der Waals surface area contributed by atoms with Crippen LogP contribution in [0, 0.1) is 17.5 Å². The van der Waals surface area contributed by atoms with E-state index in [2.05, 4.69) is 17.9 Å². The standard InChI is InChI=1S/C10H10F3NOS/c1-2-3-7(15)14-6-4-5(11)10(16)9(13)8(6)12/h4,16H,2-3H2,1H3,(H,14,15). The molecule has 0 fully saturated rings. The van der Waals surface area contributed by atoms with Gasteiger partial charge in [0.2, 0.25) is 5.91 Å². The van der Waals surface area contributed by atoms with Crippen molar-refractivity contribution in [1.82, 2.24) is 0 Å². The van der Waals surface area contributed by atoms with Crippen molar-refractivity contribution < 1.29 is 18.0 Å². The van der Waals surface area contributed by atoms with Crippen LogP contribution < -0.4 is 5.32 Å². The second-order valence-corrected chi connectivity index (χ2v) is 3.63. The quantitative estimate of drug-likeness (QED) is 0.625. The lowest BCUT2D eigenvalue weighted by atomic mass is 10.2. The van der Waals surface area contributed by atoms with Crippen LogP contribution in [-0.2, 0) is 4.79 Å². The van der Waals surface area contributed by atoms with Gasteiger partial charge in [-0.25, -0.2) is 13.2 Å². The maximum Gasteiger partial charge on any atom is 0.224 e. The summed E-state index contributed by atoms with van der Waals surface area (Å²) >= 11 is 3.46. The SMILES string of the molecule is CCCC(=O)Nc1cc(F)c(S)c(F)c1F. The van der Waals surface area contributed by atoms with Gasteiger partial charge in [0.15, 0.2) is 11.6 Å². The molecule has 1 aromatic rings. The van der Waals surface area contributed by atoms with Crippen molar-refractivity contribution in [2.45, 2.75) is 24.7 Å². The summed E-state index contributed by atoms with van der Waals surface area (Å²) in [5, 5.41) is 2.09. The van der Waals surface area contributed by atoms with Gasteiger partial charge in [-0.05, 0) is 6.42 Å². The molecule has 0 aliphatic heterocycles. The molecule has 0 bridgehead atoms. The molecule has 0 saturated heterocycles. The largest absolute Gasteiger partial charge is 0.323 e. The Morgan fingerprint density at radius 2 is 2.00 bits per heavy atom. The Balaban J connectivity index is 3.02. The highest BCUT2D eigenvalue weighted by Crippen LogP contribution is 2.26. The van der Waals surface area contributed by atoms with Crippen molar-refractivity contribution in [2.75, 3.05) is 5.32 Å². The summed E-state index contributed by atoms with van der Waals surface area (Å²) in [6, 6.07) is 0.703. The van der Waals surface area contributed by atoms with E-state index in [0.29, 0.717) is 12.5 Å². The number of anilines is 1. The average Bonchev–Trinajstić information content (AvgIpc) is 2.23. The lowest BCUT2D eigenvalue weighted by Gasteiger charge is -2.08. The fourth-order valence-corrected chi connectivity index (χ4v) is 1.28. The molecule has 6 heteroatoms. The third-order valence-corrected chi connectivity index (χ3v) is 2.30. The number of nitrogens with one attached hydrogen (secondary N) is 1. The van der Waals surface area contributed by atoms with Gasteiger partial charge in [-0.15, -0.1) is 12.6 Å². The fraction of sp³-hybridized carbons (Fsp3) is 0.300. The average molecular weight is 249 g/mol. The van der Waals surface area contributed by atoms with Gasteiger partial charge in [0.05, 0.1) is 10.6 Å². The van der Waals surface area contributed by atoms with Crippen molar-refractivity contribution in [3.63, 3.8) is 0 Å². The molecule has 0 aromatic heterocycles. The highest BCUT2D eigenvalue weighted by molar-refractivity contribution is 7.80. The summed E-state index contributed by atoms with van der Waals surface area (Å²) in [5.41, 5.74) is -0.508. The number of rotatable bonds is 3. The van der Waals surface area contributed by atoms with Crippen molar-refractivity contribution in [2.24, 2.45) is 0 Å². The maximum absolute atomic E-state index is 13.2. The van der Waals surface area contributed by atoms with Gasteiger partial charge in [0.1, 0.15) is 5.82 Å². The molecule has 1 rings (SSSR count). The molecule has 0 aliphatic rings. The van der Waals surface area contributed by atoms with E-state index < -0.39 is 33.9 Å². The van der Waals surface area contributed by atoms with Gasteiger partial charge < -0.3 is 5.32 Å². The number of benzene rings is 1. The van der Waals surface area contributed by atoms with Crippen LogP contribution in [0.1, 0.15) is 19.8 Å². The second kappa shape index (κ2) is 5.25. The molecule has 1 aromatic carbocycles. The Hall–Kier alpha value is -1.17. The molecule has 88 valence electrons. The van der Waals surface area contributed by atoms with Crippen LogP contribution in [0.15, 0.2) is 11.0 Å². The predicted octanol–water partition coefficient (Wildman–Crippen LogP) is 3.13. The molecule has 1 N–H and O–H groups in total. The van der Waals surface area contributed by atoms with Gasteiger partial charge in [-0.2, -0.15) is 0 Å². The summed E-state index contributed by atoms with van der Waals surface area (Å²) in [4.78, 5) is 10.4. The number of thiol groups is 1. The molecular weight excluding hydrogens is 239 g/mol. The smallest absolute Gasteiger partial charge is 0.224 e. The summed E-state index contributed by atoms with van der Waals surface area (Å²) in [5.74, 6) is -4.23. The van der Waals surface area contributed by atoms with E-state index in [9.17, 15) is 18.0 Å². The molecule has 0 atom stereocenters. The molecule has 0 radical (unpaired) electrons. The topological polar surface area (TPSA) is 29.1 Å². The van der Waals surface area contributed by atoms with Crippen molar-refractivity contribution in [3.8, 4) is 0 Å². The van der Waals surface area contributed by atoms with E-state index in [0.717, 1.165) is 0 Å². The zero-order valence-corrected chi connectivity index (χ0v) is 9.38. The minimum Gasteiger partial charge on any atom is -0.323 e. The van der Waals surface area contributed by atoms with Gasteiger partial charge >= 0.3 is 0 Å². The lowest BCUT2D eigenvalue weighted by molar-refractivity contribution is -0.116. The van der Waals surface area contributed by atoms with Crippen LogP contribution in [0.3, 0.4) is 0 Å². The molecule has 0 unspecified atom stereocenters. The maximum atomic E-state index is 13.2. The number of hydrogen-bond acceptors (Lipinski definition) is 2. The molecule has 0 spiro atoms. The Morgan fingerprint density at radius 3 is 2.56 bits per heavy atom. The minimum absolute atomic E-state index is 0.158. The van der Waals surface area contributed by atoms with Crippen molar-refractivity contribution in [1.29, 1.82) is 0 Å². The van der Waals surface area contributed by atoms with E-state index in [-0.39, 0.29) is 6.42 Å². The zero-order valence-electron chi connectivity index (χ0n) is 8.48. The Kier molecular flexibility index (Phi) is 4.23. The molecule has 2 nitrogen and oxygen atoms in total. The predicted molar refractivity (Wildman–Crippen MR) is 57.1 cm³/mol. The molecule has 16 heavy (non-hydrogen) atoms. The van der Waals surface area contributed by atoms with Gasteiger partial charge in [-0.1, -0.05) is 6.92 Å². The highest BCUT2D eigenvalue weighted by Gasteiger charge is 2.17. The monoisotopic (exact) mass is 249 g/mol. The van der Waals surface area contributed by atoms with Gasteiger partial charge in [0.25, 0.3) is 0 Å². The number of carbonyl (C=O) groups excluding carboxylic acids is 1. The van der Waals surface area contributed by atoms with Crippen LogP contribution in [0.4, 0.5) is 18.9 Å². The number of carbonyl (C=O) groups is 1. The summed E-state index contributed by atoms with van der Waals surface area (Å²) < 4.78 is 39.3. The first kappa shape index (κ1) is 12.9. The summed E-state index contributed by atoms with van der Waals surface area (Å²) in [6.07, 6.45) is 0.717. The number of hydrogen-bond donors (Lipinski definition) is 2. The molecule has 0 heterocycles. The fourth-order valence-electron chi connectivity index (χ4n) is 1.12. The molecule has 0 saturated carbocycles. The van der Waals surface area contributed by atoms with E-state index in [1.54, 1.807) is 6.92 Å². The van der Waals surface area contributed by atoms with E-state index >= 15 is 0 Å². The molecular formula is C10H10F3NOS. The highest BCUT2D eigenvalue weighted by atomic mass is 32.1. The number of amides is 1. The Morgan fingerprint density at radius 1 is 1.38 bits per heavy atom. The molecule has 0 aliphatic carbocycles. The number of halogens is 3. The first-order chi connectivity index (χ1) is 7.47. The minimum atomic E-state index is -1.41. The second-order valence-electron chi connectivity index (χ2n) is 3.18. The van der Waals surface area contributed by atoms with Crippen LogP contribution in [0.5, 0.6) is 0 Å². The van der Waals surface area contributed by atoms with Crippen LogP contribution >= 0.6 is 12.6 Å². The van der Waals surface area contributed by atoms with E-state index in [1.807, 2.05) is 0 Å². The Labute approximate surface area is 96.3 Å². The van der Waals surface area contributed by atoms with Crippen LogP contribution in [0.2, 0.25) is 0 Å². The zero-order chi connectivity index (χ0) is 12.3. The van der Waals surface area contributed by atoms with Gasteiger partial charge in [-0.3, -0.25) is 4.79 Å². The first-order valence-corrected chi connectivity index (χ1v) is 5.08. The van der Waals surface area contributed by atoms with Crippen LogP contribution in [-0.4, -0.2) is 5.91 Å². The first-order valence-electron chi connectivity index (χ1n) is 4.63. The van der Waals surface area contributed by atoms with Crippen molar-refractivity contribution in [3.05, 3.63) is 23.5 Å². The van der Waals surface area contributed by atoms with Crippen LogP contribution in [0.25, 0.3) is 0 Å². The molecule has 1 amide bonds. The van der Waals surface area contributed by atoms with Crippen molar-refractivity contribution >= 4 is 24.2 Å². The Bertz CT molecular complexity index is 423. The normalized spacial score (nSPS) is 10.3. The summed E-state index contributed by atoms with van der Waals surface area (Å²) in [7, 11) is 0. The third-order valence-electron chi connectivity index (χ3n) is 1.89. The van der Waals surface area contributed by atoms with E-state index in [4.69, 9.17) is 0 Å². The lowest BCUT2D eigenvalue weighted by Crippen LogP contribution is -2.13. The van der Waals surface area contributed by atoms with Gasteiger partial charge in [0, 0.05) is 12.5 Å². The van der Waals surface area contributed by atoms with E-state index in [1.165, 1.54) is 0 Å².